The maximum atomic E-state index is 12.6. The number of carbonyl (C=O) groups is 2. The summed E-state index contributed by atoms with van der Waals surface area (Å²) in [5, 5.41) is 2.90. The molecule has 0 saturated carbocycles. The molecule has 0 radical (unpaired) electrons. The van der Waals surface area contributed by atoms with Crippen molar-refractivity contribution < 1.29 is 9.59 Å². The minimum absolute atomic E-state index is 0. The summed E-state index contributed by atoms with van der Waals surface area (Å²) in [4.78, 5) is 26.4. The van der Waals surface area contributed by atoms with Gasteiger partial charge in [-0.05, 0) is 44.0 Å². The predicted molar refractivity (Wildman–Crippen MR) is 104 cm³/mol. The van der Waals surface area contributed by atoms with Gasteiger partial charge in [0, 0.05) is 17.9 Å². The van der Waals surface area contributed by atoms with E-state index in [0.29, 0.717) is 17.8 Å². The van der Waals surface area contributed by atoms with E-state index in [-0.39, 0.29) is 30.8 Å². The minimum Gasteiger partial charge on any atom is -0.398 e. The van der Waals surface area contributed by atoms with Crippen molar-refractivity contribution in [3.8, 4) is 0 Å². The second-order valence-electron chi connectivity index (χ2n) is 5.72. The topological polar surface area (TPSA) is 75.4 Å². The quantitative estimate of drug-likeness (QED) is 0.801. The first kappa shape index (κ1) is 20.5. The fourth-order valence-corrected chi connectivity index (χ4v) is 2.55. The van der Waals surface area contributed by atoms with Crippen LogP contribution in [0.3, 0.4) is 0 Å². The molecule has 5 nitrogen and oxygen atoms in total. The highest BCUT2D eigenvalue weighted by atomic mass is 35.5. The maximum Gasteiger partial charge on any atom is 0.256 e. The molecule has 2 aromatic carbocycles. The SMILES string of the molecule is CCN(CC(=O)Nc1c(C)cccc1C)C(=O)c1ccccc1N.Cl. The number of likely N-dealkylation sites (N-methyl/N-ethyl adjacent to an activating group) is 1. The first-order valence-corrected chi connectivity index (χ1v) is 7.94. The molecule has 0 bridgehead atoms. The molecule has 0 fully saturated rings. The Kier molecular flexibility index (Phi) is 7.45. The van der Waals surface area contributed by atoms with Crippen LogP contribution in [0.5, 0.6) is 0 Å². The molecule has 0 atom stereocenters. The monoisotopic (exact) mass is 361 g/mol. The number of nitrogens with one attached hydrogen (secondary N) is 1. The molecule has 0 aromatic heterocycles. The molecule has 0 aliphatic rings. The highest BCUT2D eigenvalue weighted by molar-refractivity contribution is 6.02. The van der Waals surface area contributed by atoms with Gasteiger partial charge < -0.3 is 16.0 Å². The average molecular weight is 362 g/mol. The molecule has 2 rings (SSSR count). The van der Waals surface area contributed by atoms with Gasteiger partial charge in [-0.2, -0.15) is 0 Å². The number of anilines is 2. The number of halogens is 1. The number of carbonyl (C=O) groups excluding carboxylic acids is 2. The van der Waals surface area contributed by atoms with Gasteiger partial charge in [-0.15, -0.1) is 12.4 Å². The Labute approximate surface area is 154 Å². The summed E-state index contributed by atoms with van der Waals surface area (Å²) in [6.45, 7) is 6.13. The lowest BCUT2D eigenvalue weighted by Crippen LogP contribution is -2.38. The van der Waals surface area contributed by atoms with Crippen molar-refractivity contribution in [2.45, 2.75) is 20.8 Å². The third-order valence-corrected chi connectivity index (χ3v) is 3.94. The molecule has 0 aliphatic heterocycles. The van der Waals surface area contributed by atoms with Gasteiger partial charge in [-0.1, -0.05) is 30.3 Å². The van der Waals surface area contributed by atoms with Gasteiger partial charge in [0.25, 0.3) is 5.91 Å². The number of amides is 2. The number of rotatable bonds is 5. The van der Waals surface area contributed by atoms with E-state index in [0.717, 1.165) is 16.8 Å². The fourth-order valence-electron chi connectivity index (χ4n) is 2.55. The zero-order valence-corrected chi connectivity index (χ0v) is 15.5. The number of benzene rings is 2. The molecule has 0 spiro atoms. The highest BCUT2D eigenvalue weighted by Gasteiger charge is 2.19. The van der Waals surface area contributed by atoms with Crippen LogP contribution in [0.4, 0.5) is 11.4 Å². The molecule has 2 aromatic rings. The van der Waals surface area contributed by atoms with Crippen molar-refractivity contribution >= 4 is 35.6 Å². The van der Waals surface area contributed by atoms with Gasteiger partial charge >= 0.3 is 0 Å². The molecular weight excluding hydrogens is 338 g/mol. The van der Waals surface area contributed by atoms with E-state index in [2.05, 4.69) is 5.32 Å². The van der Waals surface area contributed by atoms with E-state index >= 15 is 0 Å². The molecule has 0 heterocycles. The van der Waals surface area contributed by atoms with Crippen LogP contribution in [0.1, 0.15) is 28.4 Å². The standard InChI is InChI=1S/C19H23N3O2.ClH/c1-4-22(19(24)15-10-5-6-11-16(15)20)12-17(23)21-18-13(2)8-7-9-14(18)3;/h5-11H,4,12,20H2,1-3H3,(H,21,23);1H. The van der Waals surface area contributed by atoms with Crippen LogP contribution in [-0.2, 0) is 4.79 Å². The van der Waals surface area contributed by atoms with Gasteiger partial charge in [-0.25, -0.2) is 0 Å². The molecular formula is C19H24ClN3O2. The second-order valence-corrected chi connectivity index (χ2v) is 5.72. The second kappa shape index (κ2) is 9.08. The Morgan fingerprint density at radius 2 is 1.64 bits per heavy atom. The maximum absolute atomic E-state index is 12.6. The first-order valence-electron chi connectivity index (χ1n) is 7.94. The number of nitrogens with zero attached hydrogens (tertiary/aromatic N) is 1. The van der Waals surface area contributed by atoms with Crippen LogP contribution >= 0.6 is 12.4 Å². The minimum atomic E-state index is -0.243. The van der Waals surface area contributed by atoms with Crippen LogP contribution in [0.15, 0.2) is 42.5 Å². The van der Waals surface area contributed by atoms with Crippen LogP contribution < -0.4 is 11.1 Å². The summed E-state index contributed by atoms with van der Waals surface area (Å²) in [5.74, 6) is -0.468. The number of hydrogen-bond donors (Lipinski definition) is 2. The van der Waals surface area contributed by atoms with Crippen molar-refractivity contribution in [1.29, 1.82) is 0 Å². The van der Waals surface area contributed by atoms with Crippen molar-refractivity contribution in [3.63, 3.8) is 0 Å². The molecule has 0 unspecified atom stereocenters. The highest BCUT2D eigenvalue weighted by Crippen LogP contribution is 2.19. The third kappa shape index (κ3) is 4.97. The Morgan fingerprint density at radius 1 is 1.04 bits per heavy atom. The smallest absolute Gasteiger partial charge is 0.256 e. The molecule has 2 amide bonds. The van der Waals surface area contributed by atoms with E-state index in [9.17, 15) is 9.59 Å². The Morgan fingerprint density at radius 3 is 2.20 bits per heavy atom. The number of aryl methyl sites for hydroxylation is 2. The summed E-state index contributed by atoms with van der Waals surface area (Å²) >= 11 is 0. The molecule has 6 heteroatoms. The normalized spacial score (nSPS) is 9.88. The lowest BCUT2D eigenvalue weighted by molar-refractivity contribution is -0.116. The third-order valence-electron chi connectivity index (χ3n) is 3.94. The first-order chi connectivity index (χ1) is 11.4. The average Bonchev–Trinajstić information content (AvgIpc) is 2.56. The summed E-state index contributed by atoms with van der Waals surface area (Å²) in [6, 6.07) is 12.7. The largest absolute Gasteiger partial charge is 0.398 e. The van der Waals surface area contributed by atoms with E-state index in [1.54, 1.807) is 24.3 Å². The molecule has 25 heavy (non-hydrogen) atoms. The van der Waals surface area contributed by atoms with Crippen molar-refractivity contribution in [2.24, 2.45) is 0 Å². The van der Waals surface area contributed by atoms with Gasteiger partial charge in [0.2, 0.25) is 5.91 Å². The van der Waals surface area contributed by atoms with E-state index in [1.165, 1.54) is 4.90 Å². The number of nitrogen functional groups attached to an aromatic ring is 1. The zero-order valence-electron chi connectivity index (χ0n) is 14.7. The number of nitrogens with two attached hydrogens (primary N) is 1. The summed E-state index contributed by atoms with van der Waals surface area (Å²) < 4.78 is 0. The van der Waals surface area contributed by atoms with Crippen LogP contribution in [0, 0.1) is 13.8 Å². The molecule has 0 saturated heterocycles. The van der Waals surface area contributed by atoms with Gasteiger partial charge in [0.05, 0.1) is 5.56 Å². The van der Waals surface area contributed by atoms with E-state index in [1.807, 2.05) is 39.0 Å². The lowest BCUT2D eigenvalue weighted by atomic mass is 10.1. The van der Waals surface area contributed by atoms with E-state index in [4.69, 9.17) is 5.73 Å². The van der Waals surface area contributed by atoms with Gasteiger partial charge in [-0.3, -0.25) is 9.59 Å². The molecule has 0 aliphatic carbocycles. The zero-order chi connectivity index (χ0) is 17.7. The van der Waals surface area contributed by atoms with Crippen molar-refractivity contribution in [2.75, 3.05) is 24.1 Å². The summed E-state index contributed by atoms with van der Waals surface area (Å²) in [6.07, 6.45) is 0. The Hall–Kier alpha value is -2.53. The van der Waals surface area contributed by atoms with Gasteiger partial charge in [0.1, 0.15) is 6.54 Å². The van der Waals surface area contributed by atoms with Crippen LogP contribution in [0.2, 0.25) is 0 Å². The number of para-hydroxylation sites is 2. The molecule has 3 N–H and O–H groups in total. The summed E-state index contributed by atoms with van der Waals surface area (Å²) in [7, 11) is 0. The molecule has 134 valence electrons. The Balaban J connectivity index is 0.00000312. The van der Waals surface area contributed by atoms with Crippen molar-refractivity contribution in [1.82, 2.24) is 4.90 Å². The lowest BCUT2D eigenvalue weighted by Gasteiger charge is -2.22. The summed E-state index contributed by atoms with van der Waals surface area (Å²) in [5.41, 5.74) is 9.47. The van der Waals surface area contributed by atoms with Crippen LogP contribution in [0.25, 0.3) is 0 Å². The van der Waals surface area contributed by atoms with Crippen LogP contribution in [-0.4, -0.2) is 29.8 Å². The van der Waals surface area contributed by atoms with E-state index < -0.39 is 0 Å². The predicted octanol–water partition coefficient (Wildman–Crippen LogP) is 3.41. The van der Waals surface area contributed by atoms with Crippen molar-refractivity contribution in [3.05, 3.63) is 59.2 Å². The Bertz CT molecular complexity index is 742. The fraction of sp³-hybridized carbons (Fsp3) is 0.263. The number of hydrogen-bond acceptors (Lipinski definition) is 3. The van der Waals surface area contributed by atoms with Gasteiger partial charge in [0.15, 0.2) is 0 Å².